The van der Waals surface area contributed by atoms with E-state index in [-0.39, 0.29) is 0 Å². The maximum atomic E-state index is 4.01. The second-order valence-electron chi connectivity index (χ2n) is 4.00. The molecule has 0 N–H and O–H groups in total. The van der Waals surface area contributed by atoms with Gasteiger partial charge in [-0.25, -0.2) is 0 Å². The van der Waals surface area contributed by atoms with E-state index in [1.54, 1.807) is 6.08 Å². The summed E-state index contributed by atoms with van der Waals surface area (Å²) in [6, 6.07) is 0. The van der Waals surface area contributed by atoms with Crippen molar-refractivity contribution in [3.63, 3.8) is 0 Å². The predicted octanol–water partition coefficient (Wildman–Crippen LogP) is 6.89. The van der Waals surface area contributed by atoms with E-state index in [0.29, 0.717) is 0 Å². The summed E-state index contributed by atoms with van der Waals surface area (Å²) in [7, 11) is 0. The molecule has 0 aliphatic heterocycles. The van der Waals surface area contributed by atoms with Gasteiger partial charge in [0.2, 0.25) is 0 Å². The summed E-state index contributed by atoms with van der Waals surface area (Å²) in [5.41, 5.74) is 2.14. The summed E-state index contributed by atoms with van der Waals surface area (Å²) in [6.07, 6.45) is 14.9. The predicted molar refractivity (Wildman–Crippen MR) is 94.6 cm³/mol. The van der Waals surface area contributed by atoms with E-state index >= 15 is 0 Å². The highest BCUT2D eigenvalue weighted by atomic mass is 79.9. The first-order valence-corrected chi connectivity index (χ1v) is 7.47. The van der Waals surface area contributed by atoms with Crippen molar-refractivity contribution in [3.05, 3.63) is 71.8 Å². The van der Waals surface area contributed by atoms with Crippen molar-refractivity contribution in [2.45, 2.75) is 40.0 Å². The lowest BCUT2D eigenvalue weighted by molar-refractivity contribution is 0.886. The molecule has 0 rings (SSSR count). The minimum Gasteiger partial charge on any atom is -0.0991 e. The highest BCUT2D eigenvalue weighted by Crippen LogP contribution is 2.22. The van der Waals surface area contributed by atoms with Crippen LogP contribution in [0.1, 0.15) is 40.0 Å². The maximum absolute atomic E-state index is 4.01. The van der Waals surface area contributed by atoms with Crippen LogP contribution in [0.3, 0.4) is 0 Å². The van der Waals surface area contributed by atoms with E-state index in [1.807, 2.05) is 37.3 Å². The van der Waals surface area contributed by atoms with Gasteiger partial charge < -0.3 is 0 Å². The molecule has 0 heterocycles. The summed E-state index contributed by atoms with van der Waals surface area (Å²) in [5.74, 6) is 0. The van der Waals surface area contributed by atoms with Crippen molar-refractivity contribution >= 4 is 15.9 Å². The Balaban J connectivity index is 0. The molecule has 0 spiro atoms. The number of allylic oxidation sites excluding steroid dienone is 9. The molecular weight excluding hydrogens is 296 g/mol. The Bertz CT molecular complexity index is 352. The first-order valence-electron chi connectivity index (χ1n) is 6.67. The van der Waals surface area contributed by atoms with Gasteiger partial charge in [0, 0.05) is 4.48 Å². The Labute approximate surface area is 128 Å². The van der Waals surface area contributed by atoms with E-state index in [4.69, 9.17) is 0 Å². The van der Waals surface area contributed by atoms with Crippen LogP contribution in [0.4, 0.5) is 0 Å². The molecule has 0 aromatic heterocycles. The summed E-state index contributed by atoms with van der Waals surface area (Å²) in [6.45, 7) is 17.8. The molecule has 106 valence electrons. The number of rotatable bonds is 7. The monoisotopic (exact) mass is 322 g/mol. The Hall–Kier alpha value is -1.08. The second kappa shape index (κ2) is 15.0. The fourth-order valence-corrected chi connectivity index (χ4v) is 1.27. The van der Waals surface area contributed by atoms with Crippen molar-refractivity contribution < 1.29 is 0 Å². The Morgan fingerprint density at radius 3 is 2.05 bits per heavy atom. The van der Waals surface area contributed by atoms with Gasteiger partial charge in [-0.3, -0.25) is 0 Å². The van der Waals surface area contributed by atoms with Crippen molar-refractivity contribution in [1.29, 1.82) is 0 Å². The zero-order chi connectivity index (χ0) is 15.1. The smallest absolute Gasteiger partial charge is 0.0204 e. The van der Waals surface area contributed by atoms with Crippen LogP contribution < -0.4 is 0 Å². The van der Waals surface area contributed by atoms with Gasteiger partial charge in [-0.15, -0.1) is 0 Å². The Kier molecular flexibility index (Phi) is 16.0. The molecule has 0 aromatic rings. The van der Waals surface area contributed by atoms with Crippen LogP contribution in [0.2, 0.25) is 0 Å². The van der Waals surface area contributed by atoms with Crippen LogP contribution >= 0.6 is 15.9 Å². The fraction of sp³-hybridized carbons (Fsp3) is 0.333. The maximum Gasteiger partial charge on any atom is 0.0204 e. The van der Waals surface area contributed by atoms with Crippen molar-refractivity contribution in [1.82, 2.24) is 0 Å². The SMILES string of the molecule is C=C/C=C(\C=C)CC(=C)/C(Br)=C\C=C/C.CCCC. The normalized spacial score (nSPS) is 11.8. The molecule has 0 unspecified atom stereocenters. The average molecular weight is 323 g/mol. The minimum atomic E-state index is 0.782. The third-order valence-electron chi connectivity index (χ3n) is 2.28. The van der Waals surface area contributed by atoms with Crippen LogP contribution in [0.5, 0.6) is 0 Å². The number of unbranched alkanes of at least 4 members (excludes halogenated alkanes) is 1. The third kappa shape index (κ3) is 13.2. The Morgan fingerprint density at radius 1 is 1.11 bits per heavy atom. The number of hydrogen-bond acceptors (Lipinski definition) is 0. The lowest BCUT2D eigenvalue weighted by atomic mass is 10.1. The molecule has 1 heteroatoms. The van der Waals surface area contributed by atoms with Crippen LogP contribution in [0.15, 0.2) is 71.8 Å². The molecule has 0 saturated carbocycles. The molecule has 0 radical (unpaired) electrons. The van der Waals surface area contributed by atoms with Gasteiger partial charge in [-0.05, 0) is 30.6 Å². The second-order valence-corrected chi connectivity index (χ2v) is 4.86. The Morgan fingerprint density at radius 2 is 1.68 bits per heavy atom. The van der Waals surface area contributed by atoms with E-state index in [9.17, 15) is 0 Å². The zero-order valence-electron chi connectivity index (χ0n) is 12.6. The standard InChI is InChI=1S/C14H17Br.C4H10/c1-5-8-10-14(15)12(4)11-13(7-3)9-6-2;1-3-4-2/h5-10H,2-4,11H2,1H3;3-4H2,1-2H3/b8-5-,13-9+,14-10+;. The number of halogens is 1. The molecule has 0 aliphatic rings. The minimum absolute atomic E-state index is 0.782. The highest BCUT2D eigenvalue weighted by Gasteiger charge is 1.99. The first-order chi connectivity index (χ1) is 9.06. The van der Waals surface area contributed by atoms with E-state index < -0.39 is 0 Å². The van der Waals surface area contributed by atoms with Crippen LogP contribution in [0.25, 0.3) is 0 Å². The topological polar surface area (TPSA) is 0 Å². The average Bonchev–Trinajstić information content (AvgIpc) is 2.44. The first kappa shape index (κ1) is 20.2. The lowest BCUT2D eigenvalue weighted by Gasteiger charge is -2.04. The highest BCUT2D eigenvalue weighted by molar-refractivity contribution is 9.12. The van der Waals surface area contributed by atoms with Gasteiger partial charge in [-0.2, -0.15) is 0 Å². The zero-order valence-corrected chi connectivity index (χ0v) is 14.2. The van der Waals surface area contributed by atoms with Gasteiger partial charge in [0.05, 0.1) is 0 Å². The summed E-state index contributed by atoms with van der Waals surface area (Å²) < 4.78 is 1.01. The van der Waals surface area contributed by atoms with E-state index in [2.05, 4.69) is 49.5 Å². The van der Waals surface area contributed by atoms with Gasteiger partial charge in [0.15, 0.2) is 0 Å². The van der Waals surface area contributed by atoms with Crippen molar-refractivity contribution in [2.24, 2.45) is 0 Å². The molecule has 0 fully saturated rings. The third-order valence-corrected chi connectivity index (χ3v) is 3.11. The van der Waals surface area contributed by atoms with Gasteiger partial charge in [0.1, 0.15) is 0 Å². The van der Waals surface area contributed by atoms with Crippen molar-refractivity contribution in [2.75, 3.05) is 0 Å². The van der Waals surface area contributed by atoms with Crippen LogP contribution in [-0.2, 0) is 0 Å². The van der Waals surface area contributed by atoms with Crippen LogP contribution in [-0.4, -0.2) is 0 Å². The van der Waals surface area contributed by atoms with E-state index in [1.165, 1.54) is 12.8 Å². The quantitative estimate of drug-likeness (QED) is 0.447. The molecule has 0 amide bonds. The molecule has 0 aliphatic carbocycles. The van der Waals surface area contributed by atoms with Crippen molar-refractivity contribution in [3.8, 4) is 0 Å². The lowest BCUT2D eigenvalue weighted by Crippen LogP contribution is -1.84. The van der Waals surface area contributed by atoms with E-state index in [0.717, 1.165) is 22.0 Å². The molecule has 0 aromatic carbocycles. The van der Waals surface area contributed by atoms with Gasteiger partial charge in [0.25, 0.3) is 0 Å². The molecule has 0 bridgehead atoms. The largest absolute Gasteiger partial charge is 0.0991 e. The number of hydrogen-bond donors (Lipinski definition) is 0. The fourth-order valence-electron chi connectivity index (χ4n) is 0.980. The summed E-state index contributed by atoms with van der Waals surface area (Å²) in [5, 5.41) is 0. The summed E-state index contributed by atoms with van der Waals surface area (Å²) >= 11 is 3.48. The van der Waals surface area contributed by atoms with Crippen LogP contribution in [0, 0.1) is 0 Å². The van der Waals surface area contributed by atoms with Gasteiger partial charge >= 0.3 is 0 Å². The molecule has 0 saturated heterocycles. The van der Waals surface area contributed by atoms with Gasteiger partial charge in [-0.1, -0.05) is 92.7 Å². The molecule has 0 atom stereocenters. The molecule has 19 heavy (non-hydrogen) atoms. The summed E-state index contributed by atoms with van der Waals surface area (Å²) in [4.78, 5) is 0. The molecular formula is C18H27Br. The molecule has 0 nitrogen and oxygen atoms in total.